The summed E-state index contributed by atoms with van der Waals surface area (Å²) in [5.41, 5.74) is 13.0. The average Bonchev–Trinajstić information content (AvgIpc) is 2.85. The number of pyridine rings is 1. The van der Waals surface area contributed by atoms with Gasteiger partial charge in [0, 0.05) is 18.3 Å². The molecule has 0 radical (unpaired) electrons. The average molecular weight is 487 g/mol. The van der Waals surface area contributed by atoms with Crippen LogP contribution in [0.3, 0.4) is 0 Å². The molecular weight excluding hydrogens is 456 g/mol. The highest BCUT2D eigenvalue weighted by atomic mass is 16.6. The third-order valence-corrected chi connectivity index (χ3v) is 4.44. The van der Waals surface area contributed by atoms with Gasteiger partial charge in [-0.15, -0.1) is 5.11 Å². The standard InChI is InChI=1S/C14H12N4O2.C9H18N2O4/c15-13(18-16)10-4-1-3-9(7-10)12-8-19-11-5-2-6-17-14(11)20-12;1-9(2,3)15-8(13)11-6(5-10)7(12)14-4/h1-7,12,15-16H,8H2;6H,5,10H2,1-4H3,(H,11,13). The van der Waals surface area contributed by atoms with E-state index in [9.17, 15) is 9.59 Å². The number of nitrogens with two attached hydrogens (primary N) is 1. The van der Waals surface area contributed by atoms with Gasteiger partial charge in [0.2, 0.25) is 0 Å². The second-order valence-electron chi connectivity index (χ2n) is 8.27. The van der Waals surface area contributed by atoms with E-state index in [0.29, 0.717) is 23.8 Å². The quantitative estimate of drug-likeness (QED) is 0.215. The molecule has 1 amide bonds. The Morgan fingerprint density at radius 1 is 1.31 bits per heavy atom. The Labute approximate surface area is 203 Å². The predicted octanol–water partition coefficient (Wildman–Crippen LogP) is 2.96. The lowest BCUT2D eigenvalue weighted by molar-refractivity contribution is -0.142. The molecule has 0 aliphatic carbocycles. The number of amides is 1. The monoisotopic (exact) mass is 486 g/mol. The van der Waals surface area contributed by atoms with Gasteiger partial charge in [-0.3, -0.25) is 5.41 Å². The maximum Gasteiger partial charge on any atom is 0.408 e. The maximum absolute atomic E-state index is 11.3. The van der Waals surface area contributed by atoms with E-state index in [2.05, 4.69) is 20.2 Å². The van der Waals surface area contributed by atoms with E-state index in [1.165, 1.54) is 7.11 Å². The topological polar surface area (TPSA) is 182 Å². The fourth-order valence-electron chi connectivity index (χ4n) is 2.83. The van der Waals surface area contributed by atoms with E-state index >= 15 is 0 Å². The number of nitrogens with one attached hydrogen (secondary N) is 3. The minimum atomic E-state index is -0.871. The number of nitrogens with zero attached hydrogens (tertiary/aromatic N) is 2. The first-order chi connectivity index (χ1) is 16.6. The third kappa shape index (κ3) is 8.34. The molecule has 0 saturated heterocycles. The van der Waals surface area contributed by atoms with Gasteiger partial charge in [-0.25, -0.2) is 20.1 Å². The van der Waals surface area contributed by atoms with Gasteiger partial charge in [0.05, 0.1) is 7.11 Å². The SMILES string of the molecule is COC(=O)C(CN)NC(=O)OC(C)(C)C.N=NC(=N)c1cccc(C2COc3cccnc3O2)c1. The van der Waals surface area contributed by atoms with Crippen LogP contribution in [-0.4, -0.2) is 54.8 Å². The molecule has 1 aliphatic heterocycles. The number of rotatable bonds is 5. The summed E-state index contributed by atoms with van der Waals surface area (Å²) in [7, 11) is 1.22. The molecule has 12 nitrogen and oxygen atoms in total. The largest absolute Gasteiger partial charge is 0.484 e. The van der Waals surface area contributed by atoms with E-state index in [1.54, 1.807) is 45.2 Å². The van der Waals surface area contributed by atoms with Crippen molar-refractivity contribution in [2.75, 3.05) is 20.3 Å². The number of methoxy groups -OCH3 is 1. The summed E-state index contributed by atoms with van der Waals surface area (Å²) in [6.07, 6.45) is 0.676. The highest BCUT2D eigenvalue weighted by Gasteiger charge is 2.24. The number of ether oxygens (including phenoxy) is 4. The molecule has 1 aromatic heterocycles. The van der Waals surface area contributed by atoms with E-state index in [0.717, 1.165) is 5.56 Å². The Morgan fingerprint density at radius 2 is 2.06 bits per heavy atom. The first-order valence-electron chi connectivity index (χ1n) is 10.7. The fourth-order valence-corrected chi connectivity index (χ4v) is 2.83. The number of benzene rings is 1. The first kappa shape index (κ1) is 27.2. The summed E-state index contributed by atoms with van der Waals surface area (Å²) in [4.78, 5) is 26.5. The number of carbonyl (C=O) groups excluding carboxylic acids is 2. The lowest BCUT2D eigenvalue weighted by Gasteiger charge is -2.25. The zero-order valence-corrected chi connectivity index (χ0v) is 20.0. The van der Waals surface area contributed by atoms with Crippen LogP contribution in [0.15, 0.2) is 47.7 Å². The van der Waals surface area contributed by atoms with Crippen molar-refractivity contribution in [3.8, 4) is 11.6 Å². The van der Waals surface area contributed by atoms with Gasteiger partial charge in [-0.05, 0) is 44.5 Å². The van der Waals surface area contributed by atoms with E-state index in [4.69, 9.17) is 30.9 Å². The van der Waals surface area contributed by atoms with Gasteiger partial charge in [0.15, 0.2) is 17.7 Å². The van der Waals surface area contributed by atoms with Gasteiger partial charge >= 0.3 is 12.1 Å². The van der Waals surface area contributed by atoms with Crippen LogP contribution < -0.4 is 20.5 Å². The highest BCUT2D eigenvalue weighted by molar-refractivity contribution is 5.96. The van der Waals surface area contributed by atoms with Crippen LogP contribution >= 0.6 is 0 Å². The van der Waals surface area contributed by atoms with Gasteiger partial charge in [-0.1, -0.05) is 18.2 Å². The smallest absolute Gasteiger partial charge is 0.408 e. The number of carbonyl (C=O) groups is 2. The van der Waals surface area contributed by atoms with Crippen LogP contribution in [0.25, 0.3) is 0 Å². The lowest BCUT2D eigenvalue weighted by atomic mass is 10.1. The Kier molecular flexibility index (Phi) is 9.64. The zero-order chi connectivity index (χ0) is 26.0. The summed E-state index contributed by atoms with van der Waals surface area (Å²) in [5.74, 6) is 0.425. The molecule has 0 saturated carbocycles. The predicted molar refractivity (Wildman–Crippen MR) is 126 cm³/mol. The number of esters is 1. The molecule has 2 aromatic rings. The lowest BCUT2D eigenvalue weighted by Crippen LogP contribution is -2.48. The number of hydrogen-bond donors (Lipinski definition) is 4. The van der Waals surface area contributed by atoms with E-state index in [1.807, 2.05) is 18.2 Å². The van der Waals surface area contributed by atoms with Crippen molar-refractivity contribution in [3.05, 3.63) is 53.7 Å². The maximum atomic E-state index is 11.3. The molecule has 35 heavy (non-hydrogen) atoms. The van der Waals surface area contributed by atoms with E-state index in [-0.39, 0.29) is 18.5 Å². The number of alkyl carbamates (subject to hydrolysis) is 1. The molecule has 0 spiro atoms. The van der Waals surface area contributed by atoms with E-state index < -0.39 is 23.7 Å². The second-order valence-corrected chi connectivity index (χ2v) is 8.27. The zero-order valence-electron chi connectivity index (χ0n) is 20.0. The first-order valence-corrected chi connectivity index (χ1v) is 10.7. The molecule has 3 rings (SSSR count). The van der Waals surface area contributed by atoms with Crippen molar-refractivity contribution in [3.63, 3.8) is 0 Å². The molecule has 0 bridgehead atoms. The fraction of sp³-hybridized carbons (Fsp3) is 0.391. The molecule has 0 fully saturated rings. The molecule has 2 atom stereocenters. The van der Waals surface area contributed by atoms with Gasteiger partial charge < -0.3 is 30.0 Å². The normalized spacial score (nSPS) is 14.9. The minimum Gasteiger partial charge on any atom is -0.484 e. The van der Waals surface area contributed by atoms with Crippen LogP contribution in [-0.2, 0) is 14.3 Å². The summed E-state index contributed by atoms with van der Waals surface area (Å²) in [6, 6.07) is 9.95. The number of hydrogen-bond acceptors (Lipinski definition) is 10. The molecule has 1 aliphatic rings. The van der Waals surface area contributed by atoms with Gasteiger partial charge in [-0.2, -0.15) is 0 Å². The second kappa shape index (κ2) is 12.4. The molecule has 1 aromatic carbocycles. The van der Waals surface area contributed by atoms with Crippen molar-refractivity contribution in [2.24, 2.45) is 10.8 Å². The number of fused-ring (bicyclic) bond motifs is 1. The summed E-state index contributed by atoms with van der Waals surface area (Å²) < 4.78 is 20.8. The van der Waals surface area contributed by atoms with Crippen molar-refractivity contribution >= 4 is 17.9 Å². The summed E-state index contributed by atoms with van der Waals surface area (Å²) >= 11 is 0. The van der Waals surface area contributed by atoms with Crippen molar-refractivity contribution in [1.29, 1.82) is 10.9 Å². The minimum absolute atomic E-state index is 0.0358. The highest BCUT2D eigenvalue weighted by Crippen LogP contribution is 2.34. The van der Waals surface area contributed by atoms with Crippen LogP contribution in [0.4, 0.5) is 4.79 Å². The Bertz CT molecular complexity index is 1050. The van der Waals surface area contributed by atoms with Crippen molar-refractivity contribution in [2.45, 2.75) is 38.5 Å². The molecule has 2 unspecified atom stereocenters. The van der Waals surface area contributed by atoms with Crippen molar-refractivity contribution < 1.29 is 28.5 Å². The third-order valence-electron chi connectivity index (χ3n) is 4.44. The van der Waals surface area contributed by atoms with Crippen molar-refractivity contribution in [1.82, 2.24) is 10.3 Å². The molecule has 188 valence electrons. The molecule has 12 heteroatoms. The van der Waals surface area contributed by atoms with Crippen LogP contribution in [0, 0.1) is 10.9 Å². The van der Waals surface area contributed by atoms with Crippen LogP contribution in [0.2, 0.25) is 0 Å². The van der Waals surface area contributed by atoms with Gasteiger partial charge in [0.25, 0.3) is 5.88 Å². The van der Waals surface area contributed by atoms with Crippen LogP contribution in [0.5, 0.6) is 11.6 Å². The summed E-state index contributed by atoms with van der Waals surface area (Å²) in [6.45, 7) is 5.52. The van der Waals surface area contributed by atoms with Crippen LogP contribution in [0.1, 0.15) is 38.0 Å². The Morgan fingerprint density at radius 3 is 2.69 bits per heavy atom. The Balaban J connectivity index is 0.000000260. The Hall–Kier alpha value is -4.06. The number of aromatic nitrogens is 1. The number of amidine groups is 1. The molecule has 2 heterocycles. The van der Waals surface area contributed by atoms with Gasteiger partial charge in [0.1, 0.15) is 18.2 Å². The summed E-state index contributed by atoms with van der Waals surface area (Å²) in [5, 5.41) is 13.0. The molecule has 5 N–H and O–H groups in total. The molecular formula is C23H30N6O6.